The summed E-state index contributed by atoms with van der Waals surface area (Å²) in [7, 11) is 3.25. The number of carbonyl (C=O) groups excluding carboxylic acids is 2. The van der Waals surface area contributed by atoms with Crippen molar-refractivity contribution in [2.45, 2.75) is 6.61 Å². The van der Waals surface area contributed by atoms with Gasteiger partial charge in [0.2, 0.25) is 5.91 Å². The molecule has 0 aliphatic heterocycles. The first-order valence-corrected chi connectivity index (χ1v) is 6.80. The van der Waals surface area contributed by atoms with Gasteiger partial charge in [0.25, 0.3) is 5.91 Å². The third kappa shape index (κ3) is 4.12. The largest absolute Gasteiger partial charge is 0.489 e. The molecule has 0 bridgehead atoms. The second kappa shape index (κ2) is 7.31. The van der Waals surface area contributed by atoms with E-state index in [1.54, 1.807) is 20.2 Å². The van der Waals surface area contributed by atoms with Crippen molar-refractivity contribution in [3.8, 4) is 5.75 Å². The highest BCUT2D eigenvalue weighted by molar-refractivity contribution is 5.95. The molecule has 0 fully saturated rings. The van der Waals surface area contributed by atoms with E-state index in [9.17, 15) is 9.59 Å². The van der Waals surface area contributed by atoms with Gasteiger partial charge in [-0.1, -0.05) is 18.2 Å². The van der Waals surface area contributed by atoms with Crippen LogP contribution in [0.3, 0.4) is 0 Å². The lowest BCUT2D eigenvalue weighted by atomic mass is 10.2. The molecule has 0 unspecified atom stereocenters. The van der Waals surface area contributed by atoms with E-state index in [0.717, 1.165) is 0 Å². The summed E-state index contributed by atoms with van der Waals surface area (Å²) in [4.78, 5) is 24.9. The number of nitrogens with zero attached hydrogens (tertiary/aromatic N) is 1. The van der Waals surface area contributed by atoms with E-state index in [1.807, 2.05) is 30.3 Å². The lowest BCUT2D eigenvalue weighted by Gasteiger charge is -2.11. The van der Waals surface area contributed by atoms with Gasteiger partial charge in [0.15, 0.2) is 5.76 Å². The summed E-state index contributed by atoms with van der Waals surface area (Å²) in [5, 5.41) is 2.53. The zero-order chi connectivity index (χ0) is 15.9. The van der Waals surface area contributed by atoms with Crippen molar-refractivity contribution in [3.63, 3.8) is 0 Å². The Labute approximate surface area is 128 Å². The Morgan fingerprint density at radius 3 is 2.59 bits per heavy atom. The molecule has 1 heterocycles. The van der Waals surface area contributed by atoms with Crippen molar-refractivity contribution in [2.24, 2.45) is 0 Å². The van der Waals surface area contributed by atoms with Gasteiger partial charge in [-0.05, 0) is 18.2 Å². The van der Waals surface area contributed by atoms with Crippen LogP contribution in [0.2, 0.25) is 0 Å². The molecular weight excluding hydrogens is 284 g/mol. The monoisotopic (exact) mass is 302 g/mol. The Balaban J connectivity index is 1.94. The van der Waals surface area contributed by atoms with Crippen LogP contribution in [0.15, 0.2) is 47.1 Å². The molecule has 1 aromatic heterocycles. The standard InChI is InChI=1S/C16H18N2O4/c1-18(2)14(19)10-17-16(20)15-12(8-9-21-15)11-22-13-6-4-3-5-7-13/h3-9H,10-11H2,1-2H3,(H,17,20). The number of hydrogen-bond acceptors (Lipinski definition) is 4. The predicted octanol–water partition coefficient (Wildman–Crippen LogP) is 1.68. The smallest absolute Gasteiger partial charge is 0.287 e. The van der Waals surface area contributed by atoms with E-state index in [2.05, 4.69) is 5.32 Å². The molecule has 0 saturated heterocycles. The first kappa shape index (κ1) is 15.6. The first-order chi connectivity index (χ1) is 10.6. The summed E-state index contributed by atoms with van der Waals surface area (Å²) in [6.45, 7) is 0.135. The lowest BCUT2D eigenvalue weighted by molar-refractivity contribution is -0.127. The van der Waals surface area contributed by atoms with Crippen LogP contribution in [-0.4, -0.2) is 37.4 Å². The van der Waals surface area contributed by atoms with Crippen LogP contribution in [0.1, 0.15) is 16.1 Å². The van der Waals surface area contributed by atoms with Gasteiger partial charge in [-0.15, -0.1) is 0 Å². The molecule has 116 valence electrons. The first-order valence-electron chi connectivity index (χ1n) is 6.80. The van der Waals surface area contributed by atoms with E-state index < -0.39 is 5.91 Å². The minimum absolute atomic E-state index is 0.0779. The van der Waals surface area contributed by atoms with Crippen molar-refractivity contribution in [1.82, 2.24) is 10.2 Å². The van der Waals surface area contributed by atoms with E-state index in [4.69, 9.17) is 9.15 Å². The molecule has 0 aliphatic carbocycles. The van der Waals surface area contributed by atoms with Gasteiger partial charge in [-0.2, -0.15) is 0 Å². The minimum atomic E-state index is -0.438. The number of hydrogen-bond donors (Lipinski definition) is 1. The van der Waals surface area contributed by atoms with Crippen LogP contribution in [0.25, 0.3) is 0 Å². The van der Waals surface area contributed by atoms with Crippen LogP contribution < -0.4 is 10.1 Å². The van der Waals surface area contributed by atoms with Crippen molar-refractivity contribution >= 4 is 11.8 Å². The molecule has 0 atom stereocenters. The van der Waals surface area contributed by atoms with Gasteiger partial charge in [0.05, 0.1) is 12.8 Å². The second-order valence-electron chi connectivity index (χ2n) is 4.85. The molecule has 0 saturated carbocycles. The summed E-state index contributed by atoms with van der Waals surface area (Å²) in [6.07, 6.45) is 1.42. The number of benzene rings is 1. The van der Waals surface area contributed by atoms with Crippen molar-refractivity contribution < 1.29 is 18.7 Å². The summed E-state index contributed by atoms with van der Waals surface area (Å²) in [5.41, 5.74) is 0.624. The number of carbonyl (C=O) groups is 2. The molecule has 0 spiro atoms. The summed E-state index contributed by atoms with van der Waals surface area (Å²) in [5.74, 6) is 0.231. The highest BCUT2D eigenvalue weighted by Crippen LogP contribution is 2.15. The number of amides is 2. The molecule has 2 aromatic rings. The fourth-order valence-electron chi connectivity index (χ4n) is 1.72. The van der Waals surface area contributed by atoms with E-state index in [1.165, 1.54) is 11.2 Å². The topological polar surface area (TPSA) is 71.8 Å². The molecule has 0 aliphatic rings. The summed E-state index contributed by atoms with van der Waals surface area (Å²) < 4.78 is 10.8. The van der Waals surface area contributed by atoms with E-state index in [0.29, 0.717) is 11.3 Å². The average molecular weight is 302 g/mol. The molecule has 1 N–H and O–H groups in total. The maximum atomic E-state index is 12.0. The van der Waals surface area contributed by atoms with Gasteiger partial charge in [-0.25, -0.2) is 0 Å². The molecule has 0 radical (unpaired) electrons. The Morgan fingerprint density at radius 2 is 1.91 bits per heavy atom. The zero-order valence-corrected chi connectivity index (χ0v) is 12.5. The molecule has 2 amide bonds. The number of rotatable bonds is 6. The van der Waals surface area contributed by atoms with Gasteiger partial charge in [0, 0.05) is 19.7 Å². The second-order valence-corrected chi connectivity index (χ2v) is 4.85. The van der Waals surface area contributed by atoms with Crippen molar-refractivity contribution in [3.05, 3.63) is 54.0 Å². The van der Waals surface area contributed by atoms with Crippen LogP contribution in [0, 0.1) is 0 Å². The summed E-state index contributed by atoms with van der Waals surface area (Å²) in [6, 6.07) is 11.0. The quantitative estimate of drug-likeness (QED) is 0.881. The number of para-hydroxylation sites is 1. The Bertz CT molecular complexity index is 635. The number of ether oxygens (including phenoxy) is 1. The van der Waals surface area contributed by atoms with Gasteiger partial charge >= 0.3 is 0 Å². The van der Waals surface area contributed by atoms with Crippen molar-refractivity contribution in [2.75, 3.05) is 20.6 Å². The SMILES string of the molecule is CN(C)C(=O)CNC(=O)c1occc1COc1ccccc1. The average Bonchev–Trinajstić information content (AvgIpc) is 2.99. The van der Waals surface area contributed by atoms with Crippen molar-refractivity contribution in [1.29, 1.82) is 0 Å². The normalized spacial score (nSPS) is 10.1. The van der Waals surface area contributed by atoms with Crippen LogP contribution >= 0.6 is 0 Å². The molecule has 22 heavy (non-hydrogen) atoms. The van der Waals surface area contributed by atoms with Gasteiger partial charge in [0.1, 0.15) is 12.4 Å². The van der Waals surface area contributed by atoms with Crippen LogP contribution in [0.5, 0.6) is 5.75 Å². The maximum Gasteiger partial charge on any atom is 0.287 e. The van der Waals surface area contributed by atoms with Crippen LogP contribution in [0.4, 0.5) is 0 Å². The van der Waals surface area contributed by atoms with E-state index in [-0.39, 0.29) is 24.8 Å². The fourth-order valence-corrected chi connectivity index (χ4v) is 1.72. The predicted molar refractivity (Wildman–Crippen MR) is 80.5 cm³/mol. The number of furan rings is 1. The van der Waals surface area contributed by atoms with E-state index >= 15 is 0 Å². The maximum absolute atomic E-state index is 12.0. The lowest BCUT2D eigenvalue weighted by Crippen LogP contribution is -2.36. The number of likely N-dealkylation sites (N-methyl/N-ethyl adjacent to an activating group) is 1. The summed E-state index contributed by atoms with van der Waals surface area (Å²) >= 11 is 0. The fraction of sp³-hybridized carbons (Fsp3) is 0.250. The Hall–Kier alpha value is -2.76. The van der Waals surface area contributed by atoms with Gasteiger partial charge < -0.3 is 19.4 Å². The third-order valence-corrected chi connectivity index (χ3v) is 2.99. The molecule has 6 nitrogen and oxygen atoms in total. The zero-order valence-electron chi connectivity index (χ0n) is 12.5. The van der Waals surface area contributed by atoms with Crippen LogP contribution in [-0.2, 0) is 11.4 Å². The molecule has 1 aromatic carbocycles. The Kier molecular flexibility index (Phi) is 5.19. The van der Waals surface area contributed by atoms with Gasteiger partial charge in [-0.3, -0.25) is 9.59 Å². The Morgan fingerprint density at radius 1 is 1.18 bits per heavy atom. The minimum Gasteiger partial charge on any atom is -0.489 e. The molecule has 2 rings (SSSR count). The number of nitrogens with one attached hydrogen (secondary N) is 1. The highest BCUT2D eigenvalue weighted by Gasteiger charge is 2.17. The highest BCUT2D eigenvalue weighted by atomic mass is 16.5. The third-order valence-electron chi connectivity index (χ3n) is 2.99. The molecular formula is C16H18N2O4. The molecule has 6 heteroatoms.